The largest absolute Gasteiger partial charge is 0.341 e. The van der Waals surface area contributed by atoms with Crippen molar-refractivity contribution in [3.8, 4) is 11.4 Å². The first-order chi connectivity index (χ1) is 15.6. The van der Waals surface area contributed by atoms with Crippen molar-refractivity contribution >= 4 is 11.7 Å². The summed E-state index contributed by atoms with van der Waals surface area (Å²) in [6.45, 7) is 11.1. The molecule has 0 atom stereocenters. The van der Waals surface area contributed by atoms with Crippen LogP contribution in [0.15, 0.2) is 54.6 Å². The second-order valence-electron chi connectivity index (χ2n) is 9.65. The van der Waals surface area contributed by atoms with Crippen molar-refractivity contribution in [2.24, 2.45) is 0 Å². The smallest absolute Gasteiger partial charge is 0.253 e. The lowest BCUT2D eigenvalue weighted by Gasteiger charge is -2.18. The van der Waals surface area contributed by atoms with Crippen LogP contribution >= 0.6 is 0 Å². The van der Waals surface area contributed by atoms with Crippen LogP contribution in [-0.4, -0.2) is 37.4 Å². The van der Waals surface area contributed by atoms with Gasteiger partial charge in [-0.3, -0.25) is 4.79 Å². The van der Waals surface area contributed by atoms with Crippen molar-refractivity contribution in [3.05, 3.63) is 82.7 Å². The molecule has 0 unspecified atom stereocenters. The van der Waals surface area contributed by atoms with E-state index >= 15 is 0 Å². The van der Waals surface area contributed by atoms with Gasteiger partial charge in [-0.1, -0.05) is 75.4 Å². The Balaban J connectivity index is 1.59. The molecule has 0 fully saturated rings. The highest BCUT2D eigenvalue weighted by Crippen LogP contribution is 2.25. The number of hydrogen-bond donors (Lipinski definition) is 0. The lowest BCUT2D eigenvalue weighted by atomic mass is 9.87. The van der Waals surface area contributed by atoms with Crippen LogP contribution in [0.5, 0.6) is 0 Å². The Labute approximate surface area is 195 Å². The molecule has 0 saturated carbocycles. The van der Waals surface area contributed by atoms with E-state index in [2.05, 4.69) is 55.0 Å². The van der Waals surface area contributed by atoms with Gasteiger partial charge in [-0.2, -0.15) is 4.98 Å². The topological polar surface area (TPSA) is 63.4 Å². The lowest BCUT2D eigenvalue weighted by Crippen LogP contribution is -2.28. The van der Waals surface area contributed by atoms with Gasteiger partial charge in [0, 0.05) is 36.1 Å². The summed E-state index contributed by atoms with van der Waals surface area (Å²) in [4.78, 5) is 24.0. The predicted octanol–water partition coefficient (Wildman–Crippen LogP) is 4.91. The molecule has 4 aromatic rings. The van der Waals surface area contributed by atoms with Crippen molar-refractivity contribution in [1.29, 1.82) is 0 Å². The molecule has 1 amide bonds. The summed E-state index contributed by atoms with van der Waals surface area (Å²) in [5.41, 5.74) is 6.01. The number of nitrogens with zero attached hydrogens (tertiary/aromatic N) is 5. The number of fused-ring (bicyclic) bond motifs is 1. The van der Waals surface area contributed by atoms with Gasteiger partial charge in [-0.25, -0.2) is 9.50 Å². The summed E-state index contributed by atoms with van der Waals surface area (Å²) in [6, 6.07) is 18.4. The van der Waals surface area contributed by atoms with E-state index in [1.165, 1.54) is 5.56 Å². The van der Waals surface area contributed by atoms with Crippen LogP contribution in [0.3, 0.4) is 0 Å². The van der Waals surface area contributed by atoms with Crippen molar-refractivity contribution in [1.82, 2.24) is 24.5 Å². The van der Waals surface area contributed by atoms with Crippen LogP contribution in [0.2, 0.25) is 0 Å². The molecule has 6 nitrogen and oxygen atoms in total. The number of rotatable bonds is 5. The Kier molecular flexibility index (Phi) is 6.02. The molecule has 170 valence electrons. The zero-order chi connectivity index (χ0) is 23.8. The maximum Gasteiger partial charge on any atom is 0.253 e. The minimum Gasteiger partial charge on any atom is -0.341 e. The number of hydrogen-bond acceptors (Lipinski definition) is 4. The zero-order valence-electron chi connectivity index (χ0n) is 20.3. The van der Waals surface area contributed by atoms with Gasteiger partial charge in [0.1, 0.15) is 0 Å². The van der Waals surface area contributed by atoms with Crippen molar-refractivity contribution < 1.29 is 4.79 Å². The number of carbonyl (C=O) groups excluding carboxylic acids is 1. The monoisotopic (exact) mass is 441 g/mol. The minimum absolute atomic E-state index is 0.0457. The van der Waals surface area contributed by atoms with Crippen molar-refractivity contribution in [3.63, 3.8) is 0 Å². The van der Waals surface area contributed by atoms with Gasteiger partial charge in [-0.05, 0) is 30.4 Å². The van der Waals surface area contributed by atoms with E-state index < -0.39 is 0 Å². The Morgan fingerprint density at radius 2 is 1.64 bits per heavy atom. The summed E-state index contributed by atoms with van der Waals surface area (Å²) < 4.78 is 1.75. The number of aromatic nitrogens is 4. The van der Waals surface area contributed by atoms with Gasteiger partial charge in [0.05, 0.1) is 6.42 Å². The number of benzene rings is 2. The standard InChI is InChI=1S/C27H31N5O/c1-18-23(16-24(33)31(6)17-20-10-8-7-9-11-20)19(2)32-26(28-18)29-25(30-32)21-12-14-22(15-13-21)27(3,4)5/h7-15H,16-17H2,1-6H3. The number of carbonyl (C=O) groups is 1. The molecule has 0 saturated heterocycles. The molecule has 6 heteroatoms. The second kappa shape index (κ2) is 8.77. The van der Waals surface area contributed by atoms with Gasteiger partial charge in [-0.15, -0.1) is 5.10 Å². The van der Waals surface area contributed by atoms with E-state index in [0.29, 0.717) is 18.1 Å². The van der Waals surface area contributed by atoms with Crippen molar-refractivity contribution in [2.45, 2.75) is 53.0 Å². The summed E-state index contributed by atoms with van der Waals surface area (Å²) in [7, 11) is 1.83. The molecule has 0 radical (unpaired) electrons. The van der Waals surface area contributed by atoms with Gasteiger partial charge < -0.3 is 4.90 Å². The lowest BCUT2D eigenvalue weighted by molar-refractivity contribution is -0.129. The number of likely N-dealkylation sites (N-methyl/N-ethyl adjacent to an activating group) is 1. The average Bonchev–Trinajstić information content (AvgIpc) is 3.21. The van der Waals surface area contributed by atoms with Crippen molar-refractivity contribution in [2.75, 3.05) is 7.05 Å². The van der Waals surface area contributed by atoms with Crippen LogP contribution in [0.4, 0.5) is 0 Å². The van der Waals surface area contributed by atoms with Crippen LogP contribution in [0.1, 0.15) is 48.8 Å². The van der Waals surface area contributed by atoms with E-state index in [0.717, 1.165) is 28.1 Å². The molecule has 2 aromatic carbocycles. The fourth-order valence-electron chi connectivity index (χ4n) is 3.94. The maximum atomic E-state index is 12.9. The molecule has 33 heavy (non-hydrogen) atoms. The summed E-state index contributed by atoms with van der Waals surface area (Å²) >= 11 is 0. The summed E-state index contributed by atoms with van der Waals surface area (Å²) in [6.07, 6.45) is 0.277. The van der Waals surface area contributed by atoms with Gasteiger partial charge in [0.15, 0.2) is 5.82 Å². The first-order valence-corrected chi connectivity index (χ1v) is 11.2. The molecule has 0 aliphatic heterocycles. The van der Waals surface area contributed by atoms with E-state index in [4.69, 9.17) is 5.10 Å². The normalized spacial score (nSPS) is 11.7. The highest BCUT2D eigenvalue weighted by Gasteiger charge is 2.19. The predicted molar refractivity (Wildman–Crippen MR) is 131 cm³/mol. The van der Waals surface area contributed by atoms with Crippen LogP contribution in [0.25, 0.3) is 17.2 Å². The fraction of sp³-hybridized carbons (Fsp3) is 0.333. The zero-order valence-corrected chi connectivity index (χ0v) is 20.3. The van der Waals surface area contributed by atoms with Gasteiger partial charge in [0.2, 0.25) is 5.91 Å². The van der Waals surface area contributed by atoms with E-state index in [1.54, 1.807) is 9.42 Å². The second-order valence-corrected chi connectivity index (χ2v) is 9.65. The Morgan fingerprint density at radius 1 is 0.970 bits per heavy atom. The fourth-order valence-corrected chi connectivity index (χ4v) is 3.94. The molecule has 2 aromatic heterocycles. The maximum absolute atomic E-state index is 12.9. The number of aryl methyl sites for hydroxylation is 2. The molecule has 0 bridgehead atoms. The van der Waals surface area contributed by atoms with Crippen LogP contribution in [0, 0.1) is 13.8 Å². The van der Waals surface area contributed by atoms with E-state index in [1.807, 2.05) is 51.2 Å². The molecule has 0 N–H and O–H groups in total. The SMILES string of the molecule is Cc1nc2nc(-c3ccc(C(C)(C)C)cc3)nn2c(C)c1CC(=O)N(C)Cc1ccccc1. The first-order valence-electron chi connectivity index (χ1n) is 11.2. The van der Waals surface area contributed by atoms with Gasteiger partial charge in [0.25, 0.3) is 5.78 Å². The summed E-state index contributed by atoms with van der Waals surface area (Å²) in [5.74, 6) is 1.23. The molecule has 0 aliphatic rings. The summed E-state index contributed by atoms with van der Waals surface area (Å²) in [5, 5.41) is 4.71. The van der Waals surface area contributed by atoms with E-state index in [-0.39, 0.29) is 17.7 Å². The minimum atomic E-state index is 0.0457. The number of amides is 1. The Hall–Kier alpha value is -3.54. The molecule has 4 rings (SSSR count). The van der Waals surface area contributed by atoms with E-state index in [9.17, 15) is 4.79 Å². The van der Waals surface area contributed by atoms with Gasteiger partial charge >= 0.3 is 0 Å². The molecular formula is C27H31N5O. The third-order valence-corrected chi connectivity index (χ3v) is 6.07. The van der Waals surface area contributed by atoms with Crippen LogP contribution in [-0.2, 0) is 23.2 Å². The Bertz CT molecular complexity index is 1280. The average molecular weight is 442 g/mol. The van der Waals surface area contributed by atoms with Crippen LogP contribution < -0.4 is 0 Å². The molecular weight excluding hydrogens is 410 g/mol. The quantitative estimate of drug-likeness (QED) is 0.442. The first kappa shape index (κ1) is 22.6. The molecule has 2 heterocycles. The Morgan fingerprint density at radius 3 is 2.27 bits per heavy atom. The highest BCUT2D eigenvalue weighted by atomic mass is 16.2. The molecule has 0 aliphatic carbocycles. The third-order valence-electron chi connectivity index (χ3n) is 6.07. The third kappa shape index (κ3) is 4.80. The highest BCUT2D eigenvalue weighted by molar-refractivity contribution is 5.79. The molecule has 0 spiro atoms.